The predicted molar refractivity (Wildman–Crippen MR) is 95.0 cm³/mol. The van der Waals surface area contributed by atoms with Crippen molar-refractivity contribution < 1.29 is 9.22 Å². The van der Waals surface area contributed by atoms with Crippen LogP contribution in [-0.2, 0) is 9.22 Å². The lowest BCUT2D eigenvalue weighted by Crippen LogP contribution is -2.46. The van der Waals surface area contributed by atoms with Gasteiger partial charge in [-0.25, -0.2) is 0 Å². The maximum atomic E-state index is 12.2. The molecule has 1 aliphatic rings. The average Bonchev–Trinajstić information content (AvgIpc) is 2.26. The van der Waals surface area contributed by atoms with Gasteiger partial charge < -0.3 is 4.43 Å². The van der Waals surface area contributed by atoms with E-state index in [1.807, 2.05) is 6.08 Å². The van der Waals surface area contributed by atoms with Crippen LogP contribution in [0.25, 0.3) is 0 Å². The van der Waals surface area contributed by atoms with Gasteiger partial charge in [0, 0.05) is 12.3 Å². The van der Waals surface area contributed by atoms with Gasteiger partial charge in [0.25, 0.3) is 0 Å². The standard InChI is InChI=1S/C15H26Br2O2Si/c1-15(2,3)20(4,5)19-13(10-14(16)17)11-8-6-7-9-12(11)18/h10-11,13H,6-9H2,1-5H3/t11-,13+/m0/s1. The van der Waals surface area contributed by atoms with Gasteiger partial charge in [-0.05, 0) is 68.9 Å². The summed E-state index contributed by atoms with van der Waals surface area (Å²) in [5, 5.41) is 0.148. The molecule has 0 aromatic heterocycles. The molecule has 2 atom stereocenters. The Balaban J connectivity index is 2.96. The van der Waals surface area contributed by atoms with E-state index >= 15 is 0 Å². The van der Waals surface area contributed by atoms with Gasteiger partial charge in [0.1, 0.15) is 5.78 Å². The van der Waals surface area contributed by atoms with Crippen molar-refractivity contribution in [2.45, 2.75) is 70.7 Å². The van der Waals surface area contributed by atoms with Gasteiger partial charge in [-0.2, -0.15) is 0 Å². The SMILES string of the molecule is CC(C)(C)[Si](C)(C)O[C@H](C=C(Br)Br)[C@H]1CCCCC1=O. The first-order valence-corrected chi connectivity index (χ1v) is 11.8. The van der Waals surface area contributed by atoms with Gasteiger partial charge in [-0.1, -0.05) is 27.2 Å². The van der Waals surface area contributed by atoms with E-state index in [1.165, 1.54) is 0 Å². The minimum atomic E-state index is -1.89. The van der Waals surface area contributed by atoms with Crippen LogP contribution in [0, 0.1) is 5.92 Å². The quantitative estimate of drug-likeness (QED) is 0.534. The van der Waals surface area contributed by atoms with Crippen LogP contribution < -0.4 is 0 Å². The first kappa shape index (κ1) is 18.6. The highest BCUT2D eigenvalue weighted by atomic mass is 79.9. The first-order valence-electron chi connectivity index (χ1n) is 7.28. The van der Waals surface area contributed by atoms with E-state index in [2.05, 4.69) is 65.7 Å². The van der Waals surface area contributed by atoms with Gasteiger partial charge in [0.15, 0.2) is 8.32 Å². The highest BCUT2D eigenvalue weighted by molar-refractivity contribution is 9.28. The van der Waals surface area contributed by atoms with Crippen LogP contribution in [-0.4, -0.2) is 20.2 Å². The summed E-state index contributed by atoms with van der Waals surface area (Å²) in [6.45, 7) is 11.2. The highest BCUT2D eigenvalue weighted by Crippen LogP contribution is 2.40. The molecule has 0 N–H and O–H groups in total. The van der Waals surface area contributed by atoms with Crippen molar-refractivity contribution in [3.63, 3.8) is 0 Å². The number of ketones is 1. The zero-order chi connectivity index (χ0) is 15.6. The average molecular weight is 426 g/mol. The van der Waals surface area contributed by atoms with Crippen molar-refractivity contribution in [3.05, 3.63) is 9.47 Å². The topological polar surface area (TPSA) is 26.3 Å². The van der Waals surface area contributed by atoms with Gasteiger partial charge >= 0.3 is 0 Å². The maximum absolute atomic E-state index is 12.2. The van der Waals surface area contributed by atoms with Crippen molar-refractivity contribution in [2.24, 2.45) is 5.92 Å². The summed E-state index contributed by atoms with van der Waals surface area (Å²) in [7, 11) is -1.89. The summed E-state index contributed by atoms with van der Waals surface area (Å²) < 4.78 is 7.37. The highest BCUT2D eigenvalue weighted by Gasteiger charge is 2.41. The zero-order valence-corrected chi connectivity index (χ0v) is 17.3. The molecule has 0 bridgehead atoms. The summed E-state index contributed by atoms with van der Waals surface area (Å²) in [4.78, 5) is 12.2. The Bertz CT molecular complexity index is 382. The Morgan fingerprint density at radius 3 is 2.40 bits per heavy atom. The number of carbonyl (C=O) groups excluding carboxylic acids is 1. The second kappa shape index (κ2) is 7.21. The normalized spacial score (nSPS) is 22.6. The molecule has 1 saturated carbocycles. The van der Waals surface area contributed by atoms with E-state index in [-0.39, 0.29) is 17.1 Å². The van der Waals surface area contributed by atoms with Crippen molar-refractivity contribution in [1.29, 1.82) is 0 Å². The lowest BCUT2D eigenvalue weighted by Gasteiger charge is -2.41. The number of halogens is 2. The second-order valence-electron chi connectivity index (χ2n) is 7.12. The maximum Gasteiger partial charge on any atom is 0.192 e. The molecular weight excluding hydrogens is 400 g/mol. The second-order valence-corrected chi connectivity index (χ2v) is 14.6. The van der Waals surface area contributed by atoms with Gasteiger partial charge in [0.2, 0.25) is 0 Å². The Morgan fingerprint density at radius 2 is 1.95 bits per heavy atom. The Morgan fingerprint density at radius 1 is 1.35 bits per heavy atom. The fraction of sp³-hybridized carbons (Fsp3) is 0.800. The smallest absolute Gasteiger partial charge is 0.192 e. The molecule has 0 amide bonds. The van der Waals surface area contributed by atoms with E-state index in [9.17, 15) is 4.79 Å². The number of rotatable bonds is 4. The molecule has 0 radical (unpaired) electrons. The third-order valence-corrected chi connectivity index (χ3v) is 9.53. The Hall–Kier alpha value is 0.547. The molecule has 1 aliphatic carbocycles. The van der Waals surface area contributed by atoms with Crippen molar-refractivity contribution in [1.82, 2.24) is 0 Å². The third kappa shape index (κ3) is 5.07. The van der Waals surface area contributed by atoms with Crippen LogP contribution in [0.1, 0.15) is 46.5 Å². The predicted octanol–water partition coefficient (Wildman–Crippen LogP) is 5.77. The molecule has 0 saturated heterocycles. The minimum Gasteiger partial charge on any atom is -0.410 e. The number of carbonyl (C=O) groups is 1. The summed E-state index contributed by atoms with van der Waals surface area (Å²) in [6.07, 6.45) is 5.70. The molecule has 0 aromatic rings. The lowest BCUT2D eigenvalue weighted by molar-refractivity contribution is -0.127. The molecule has 1 rings (SSSR count). The molecule has 1 fully saturated rings. The molecule has 116 valence electrons. The molecule has 0 aliphatic heterocycles. The molecule has 20 heavy (non-hydrogen) atoms. The zero-order valence-electron chi connectivity index (χ0n) is 13.1. The van der Waals surface area contributed by atoms with Gasteiger partial charge in [-0.3, -0.25) is 4.79 Å². The number of Topliss-reactive ketones (excluding diaryl/α,β-unsaturated/α-hetero) is 1. The Labute approximate surface area is 141 Å². The number of hydrogen-bond donors (Lipinski definition) is 0. The third-order valence-electron chi connectivity index (χ3n) is 4.53. The minimum absolute atomic E-state index is 0.0166. The van der Waals surface area contributed by atoms with E-state index in [0.717, 1.165) is 22.7 Å². The van der Waals surface area contributed by atoms with Gasteiger partial charge in [0.05, 0.1) is 9.50 Å². The molecule has 2 nitrogen and oxygen atoms in total. The monoisotopic (exact) mass is 424 g/mol. The lowest BCUT2D eigenvalue weighted by atomic mass is 9.84. The molecule has 0 spiro atoms. The van der Waals surface area contributed by atoms with Crippen LogP contribution >= 0.6 is 31.9 Å². The summed E-state index contributed by atoms with van der Waals surface area (Å²) in [6, 6.07) is 0. The Kier molecular flexibility index (Phi) is 6.70. The van der Waals surface area contributed by atoms with E-state index in [0.29, 0.717) is 12.2 Å². The van der Waals surface area contributed by atoms with Crippen molar-refractivity contribution >= 4 is 46.0 Å². The van der Waals surface area contributed by atoms with Crippen molar-refractivity contribution in [3.8, 4) is 0 Å². The molecule has 0 aromatic carbocycles. The van der Waals surface area contributed by atoms with Crippen LogP contribution in [0.3, 0.4) is 0 Å². The van der Waals surface area contributed by atoms with Gasteiger partial charge in [-0.15, -0.1) is 0 Å². The summed E-state index contributed by atoms with van der Waals surface area (Å²) >= 11 is 6.84. The summed E-state index contributed by atoms with van der Waals surface area (Å²) in [5.41, 5.74) is 0. The largest absolute Gasteiger partial charge is 0.410 e. The first-order chi connectivity index (χ1) is 9.04. The molecule has 0 heterocycles. The summed E-state index contributed by atoms with van der Waals surface area (Å²) in [5.74, 6) is 0.375. The van der Waals surface area contributed by atoms with E-state index < -0.39 is 8.32 Å². The van der Waals surface area contributed by atoms with Crippen LogP contribution in [0.4, 0.5) is 0 Å². The van der Waals surface area contributed by atoms with E-state index in [1.54, 1.807) is 0 Å². The fourth-order valence-corrected chi connectivity index (χ4v) is 4.02. The number of hydrogen-bond acceptors (Lipinski definition) is 2. The van der Waals surface area contributed by atoms with Crippen LogP contribution in [0.5, 0.6) is 0 Å². The van der Waals surface area contributed by atoms with Crippen LogP contribution in [0.2, 0.25) is 18.1 Å². The van der Waals surface area contributed by atoms with E-state index in [4.69, 9.17) is 4.43 Å². The van der Waals surface area contributed by atoms with Crippen molar-refractivity contribution in [2.75, 3.05) is 0 Å². The molecular formula is C15H26Br2O2Si. The fourth-order valence-electron chi connectivity index (χ4n) is 2.23. The van der Waals surface area contributed by atoms with Crippen LogP contribution in [0.15, 0.2) is 9.47 Å². The molecule has 0 unspecified atom stereocenters. The molecule has 5 heteroatoms.